The molecular weight excluding hydrogens is 342 g/mol. The first-order chi connectivity index (χ1) is 11.7. The molecule has 0 saturated heterocycles. The molecule has 4 rings (SSSR count). The van der Waals surface area contributed by atoms with Crippen molar-refractivity contribution in [3.05, 3.63) is 70.3 Å². The summed E-state index contributed by atoms with van der Waals surface area (Å²) in [5, 5.41) is 14.6. The Morgan fingerprint density at radius 3 is 2.71 bits per heavy atom. The molecule has 1 aromatic carbocycles. The number of aromatic nitrogens is 4. The predicted octanol–water partition coefficient (Wildman–Crippen LogP) is 3.58. The summed E-state index contributed by atoms with van der Waals surface area (Å²) in [5.74, 6) is 1.59. The highest BCUT2D eigenvalue weighted by molar-refractivity contribution is 7.99. The van der Waals surface area contributed by atoms with Gasteiger partial charge in [0.15, 0.2) is 5.82 Å². The number of benzene rings is 1. The number of pyridine rings is 1. The molecule has 0 atom stereocenters. The molecule has 0 saturated carbocycles. The molecule has 2 aromatic heterocycles. The van der Waals surface area contributed by atoms with E-state index in [2.05, 4.69) is 46.4 Å². The van der Waals surface area contributed by atoms with Crippen molar-refractivity contribution in [2.45, 2.75) is 18.5 Å². The second-order valence-corrected chi connectivity index (χ2v) is 6.91. The van der Waals surface area contributed by atoms with E-state index >= 15 is 0 Å². The predicted molar refractivity (Wildman–Crippen MR) is 95.9 cm³/mol. The van der Waals surface area contributed by atoms with E-state index in [0.717, 1.165) is 33.6 Å². The molecular formula is C17H14ClN5S. The molecule has 0 aliphatic carbocycles. The maximum absolute atomic E-state index is 5.84. The molecule has 5 nitrogen and oxygen atoms in total. The molecule has 0 N–H and O–H groups in total. The van der Waals surface area contributed by atoms with Crippen LogP contribution in [-0.4, -0.2) is 31.3 Å². The summed E-state index contributed by atoms with van der Waals surface area (Å²) in [5.41, 5.74) is 4.43. The van der Waals surface area contributed by atoms with Crippen molar-refractivity contribution in [3.8, 4) is 0 Å². The number of nitrogens with zero attached hydrogens (tertiary/aromatic N) is 5. The van der Waals surface area contributed by atoms with Crippen LogP contribution in [0.4, 0.5) is 0 Å². The molecule has 3 aromatic rings. The van der Waals surface area contributed by atoms with E-state index in [-0.39, 0.29) is 0 Å². The largest absolute Gasteiger partial charge is 0.244 e. The van der Waals surface area contributed by atoms with Gasteiger partial charge in [0.1, 0.15) is 5.15 Å². The number of aryl methyl sites for hydroxylation is 1. The molecule has 3 heterocycles. The minimum Gasteiger partial charge on any atom is -0.244 e. The van der Waals surface area contributed by atoms with Gasteiger partial charge in [-0.05, 0) is 24.1 Å². The lowest BCUT2D eigenvalue weighted by molar-refractivity contribution is 0.719. The van der Waals surface area contributed by atoms with Crippen LogP contribution < -0.4 is 0 Å². The zero-order valence-corrected chi connectivity index (χ0v) is 14.6. The summed E-state index contributed by atoms with van der Waals surface area (Å²) in [7, 11) is 0. The van der Waals surface area contributed by atoms with Gasteiger partial charge < -0.3 is 0 Å². The van der Waals surface area contributed by atoms with Gasteiger partial charge in [-0.2, -0.15) is 9.78 Å². The summed E-state index contributed by atoms with van der Waals surface area (Å²) in [6, 6.07) is 12.1. The van der Waals surface area contributed by atoms with Gasteiger partial charge >= 0.3 is 0 Å². The summed E-state index contributed by atoms with van der Waals surface area (Å²) in [6.45, 7) is 2.08. The third-order valence-electron chi connectivity index (χ3n) is 3.77. The first-order valence-electron chi connectivity index (χ1n) is 7.51. The van der Waals surface area contributed by atoms with Crippen LogP contribution in [0.3, 0.4) is 0 Å². The quantitative estimate of drug-likeness (QED) is 0.674. The van der Waals surface area contributed by atoms with E-state index in [9.17, 15) is 0 Å². The van der Waals surface area contributed by atoms with Gasteiger partial charge in [0, 0.05) is 18.4 Å². The Hall–Kier alpha value is -2.18. The van der Waals surface area contributed by atoms with Crippen LogP contribution in [0, 0.1) is 6.92 Å². The zero-order chi connectivity index (χ0) is 16.5. The number of hydrogen-bond donors (Lipinski definition) is 0. The number of halogens is 1. The summed E-state index contributed by atoms with van der Waals surface area (Å²) >= 11 is 7.49. The van der Waals surface area contributed by atoms with E-state index in [0.29, 0.717) is 11.6 Å². The van der Waals surface area contributed by atoms with Crippen LogP contribution in [0.1, 0.15) is 22.5 Å². The lowest BCUT2D eigenvalue weighted by Gasteiger charge is -2.14. The van der Waals surface area contributed by atoms with Gasteiger partial charge in [0.05, 0.1) is 5.71 Å². The number of hydrogen-bond acceptors (Lipinski definition) is 5. The van der Waals surface area contributed by atoms with Crippen molar-refractivity contribution in [1.29, 1.82) is 0 Å². The Morgan fingerprint density at radius 1 is 1.12 bits per heavy atom. The van der Waals surface area contributed by atoms with Gasteiger partial charge in [-0.25, -0.2) is 4.98 Å². The minimum atomic E-state index is 0.484. The van der Waals surface area contributed by atoms with Gasteiger partial charge in [0.25, 0.3) is 0 Å². The maximum atomic E-state index is 5.84. The van der Waals surface area contributed by atoms with Crippen LogP contribution in [0.5, 0.6) is 0 Å². The number of fused-ring (bicyclic) bond motifs is 1. The summed E-state index contributed by atoms with van der Waals surface area (Å²) in [6.07, 6.45) is 2.37. The smallest absolute Gasteiger partial charge is 0.212 e. The number of thioether (sulfide) groups is 1. The van der Waals surface area contributed by atoms with Crippen molar-refractivity contribution >= 4 is 29.1 Å². The van der Waals surface area contributed by atoms with E-state index in [1.807, 2.05) is 10.7 Å². The molecule has 0 unspecified atom stereocenters. The zero-order valence-electron chi connectivity index (χ0n) is 13.0. The summed E-state index contributed by atoms with van der Waals surface area (Å²) in [4.78, 5) is 4.11. The SMILES string of the molecule is Cc1ccc(C2=Nn3c(Cc4ccc(Cl)nc4)nnc3SC2)cc1. The summed E-state index contributed by atoms with van der Waals surface area (Å²) < 4.78 is 1.83. The lowest BCUT2D eigenvalue weighted by Crippen LogP contribution is -2.14. The first kappa shape index (κ1) is 15.4. The first-order valence-corrected chi connectivity index (χ1v) is 8.88. The fourth-order valence-corrected chi connectivity index (χ4v) is 3.43. The molecule has 0 amide bonds. The van der Waals surface area contributed by atoms with Crippen molar-refractivity contribution in [2.75, 3.05) is 5.75 Å². The Kier molecular flexibility index (Phi) is 4.08. The van der Waals surface area contributed by atoms with E-state index < -0.39 is 0 Å². The molecule has 0 bridgehead atoms. The highest BCUT2D eigenvalue weighted by Gasteiger charge is 2.20. The fourth-order valence-electron chi connectivity index (χ4n) is 2.46. The lowest BCUT2D eigenvalue weighted by atomic mass is 10.1. The molecule has 0 spiro atoms. The van der Waals surface area contributed by atoms with Crippen molar-refractivity contribution < 1.29 is 0 Å². The Morgan fingerprint density at radius 2 is 1.96 bits per heavy atom. The third kappa shape index (κ3) is 3.07. The van der Waals surface area contributed by atoms with E-state index in [1.54, 1.807) is 24.0 Å². The van der Waals surface area contributed by atoms with Gasteiger partial charge in [-0.15, -0.1) is 10.2 Å². The second-order valence-electron chi connectivity index (χ2n) is 5.58. The molecule has 24 heavy (non-hydrogen) atoms. The Bertz CT molecular complexity index is 900. The average molecular weight is 356 g/mol. The fraction of sp³-hybridized carbons (Fsp3) is 0.176. The highest BCUT2D eigenvalue weighted by atomic mass is 35.5. The molecule has 1 aliphatic rings. The average Bonchev–Trinajstić information content (AvgIpc) is 3.00. The minimum absolute atomic E-state index is 0.484. The Balaban J connectivity index is 1.66. The normalized spacial score (nSPS) is 13.5. The van der Waals surface area contributed by atoms with Crippen LogP contribution in [0.15, 0.2) is 52.9 Å². The van der Waals surface area contributed by atoms with Crippen molar-refractivity contribution in [2.24, 2.45) is 5.10 Å². The van der Waals surface area contributed by atoms with Gasteiger partial charge in [-0.3, -0.25) is 0 Å². The topological polar surface area (TPSA) is 56.0 Å². The molecule has 0 radical (unpaired) electrons. The maximum Gasteiger partial charge on any atom is 0.212 e. The van der Waals surface area contributed by atoms with E-state index in [4.69, 9.17) is 16.7 Å². The van der Waals surface area contributed by atoms with Crippen molar-refractivity contribution in [3.63, 3.8) is 0 Å². The van der Waals surface area contributed by atoms with Crippen LogP contribution in [0.2, 0.25) is 5.15 Å². The molecule has 1 aliphatic heterocycles. The van der Waals surface area contributed by atoms with Gasteiger partial charge in [-0.1, -0.05) is 59.3 Å². The molecule has 7 heteroatoms. The number of rotatable bonds is 3. The standard InChI is InChI=1S/C17H14ClN5S/c1-11-2-5-13(6-3-11)14-10-24-17-21-20-16(23(17)22-14)8-12-4-7-15(18)19-9-12/h2-7,9H,8,10H2,1H3. The van der Waals surface area contributed by atoms with Crippen molar-refractivity contribution in [1.82, 2.24) is 19.9 Å². The molecule has 120 valence electrons. The highest BCUT2D eigenvalue weighted by Crippen LogP contribution is 2.25. The molecule has 0 fully saturated rings. The van der Waals surface area contributed by atoms with E-state index in [1.165, 1.54) is 5.56 Å². The van der Waals surface area contributed by atoms with Crippen LogP contribution in [0.25, 0.3) is 0 Å². The monoisotopic (exact) mass is 355 g/mol. The van der Waals surface area contributed by atoms with Crippen LogP contribution >= 0.6 is 23.4 Å². The van der Waals surface area contributed by atoms with Gasteiger partial charge in [0.2, 0.25) is 5.16 Å². The Labute approximate surface area is 148 Å². The van der Waals surface area contributed by atoms with Crippen LogP contribution in [-0.2, 0) is 6.42 Å². The second kappa shape index (κ2) is 6.37. The third-order valence-corrected chi connectivity index (χ3v) is 4.93.